The average molecular weight is 357 g/mol. The summed E-state index contributed by atoms with van der Waals surface area (Å²) in [6.07, 6.45) is -0.0387. The lowest BCUT2D eigenvalue weighted by Crippen LogP contribution is -2.44. The maximum absolute atomic E-state index is 12.5. The van der Waals surface area contributed by atoms with Gasteiger partial charge in [0.15, 0.2) is 17.6 Å². The number of amides is 1. The number of nitrogens with one attached hydrogen (secondary N) is 1. The highest BCUT2D eigenvalue weighted by Gasteiger charge is 2.21. The van der Waals surface area contributed by atoms with E-state index in [-0.39, 0.29) is 11.9 Å². The number of carbonyl (C=O) groups excluding carboxylic acids is 1. The first-order valence-electron chi connectivity index (χ1n) is 8.83. The van der Waals surface area contributed by atoms with E-state index in [1.165, 1.54) is 5.56 Å². The predicted molar refractivity (Wildman–Crippen MR) is 102 cm³/mol. The van der Waals surface area contributed by atoms with Gasteiger partial charge in [0.1, 0.15) is 12.4 Å². The fraction of sp³-hybridized carbons (Fsp3) is 0.381. The Morgan fingerprint density at radius 3 is 2.35 bits per heavy atom. The third-order valence-electron chi connectivity index (χ3n) is 3.91. The van der Waals surface area contributed by atoms with Crippen molar-refractivity contribution in [3.05, 3.63) is 54.1 Å². The molecule has 0 bridgehead atoms. The molecule has 2 aromatic rings. The topological polar surface area (TPSA) is 56.8 Å². The lowest BCUT2D eigenvalue weighted by atomic mass is 10.2. The summed E-state index contributed by atoms with van der Waals surface area (Å²) in [4.78, 5) is 12.5. The molecule has 0 aliphatic carbocycles. The predicted octanol–water partition coefficient (Wildman–Crippen LogP) is 3.74. The molecule has 0 radical (unpaired) electrons. The van der Waals surface area contributed by atoms with Crippen LogP contribution >= 0.6 is 0 Å². The van der Waals surface area contributed by atoms with Crippen LogP contribution in [-0.2, 0) is 4.79 Å². The molecule has 0 fully saturated rings. The molecule has 0 aliphatic rings. The van der Waals surface area contributed by atoms with E-state index in [0.717, 1.165) is 5.75 Å². The van der Waals surface area contributed by atoms with Crippen molar-refractivity contribution in [2.75, 3.05) is 13.7 Å². The summed E-state index contributed by atoms with van der Waals surface area (Å²) >= 11 is 0. The molecule has 140 valence electrons. The van der Waals surface area contributed by atoms with Gasteiger partial charge in [0, 0.05) is 0 Å². The largest absolute Gasteiger partial charge is 0.493 e. The molecule has 0 aliphatic heterocycles. The molecule has 2 atom stereocenters. The van der Waals surface area contributed by atoms with Gasteiger partial charge in [-0.15, -0.1) is 0 Å². The van der Waals surface area contributed by atoms with Crippen LogP contribution in [0.1, 0.15) is 25.8 Å². The highest BCUT2D eigenvalue weighted by molar-refractivity contribution is 5.81. The third-order valence-corrected chi connectivity index (χ3v) is 3.91. The molecular formula is C21H27NO4. The van der Waals surface area contributed by atoms with Gasteiger partial charge in [-0.25, -0.2) is 0 Å². The number of aryl methyl sites for hydroxylation is 1. The Bertz CT molecular complexity index is 699. The van der Waals surface area contributed by atoms with Crippen LogP contribution < -0.4 is 19.5 Å². The van der Waals surface area contributed by atoms with E-state index in [1.54, 1.807) is 19.2 Å². The summed E-state index contributed by atoms with van der Waals surface area (Å²) in [5.41, 5.74) is 1.18. The van der Waals surface area contributed by atoms with Crippen molar-refractivity contribution < 1.29 is 19.0 Å². The Kier molecular flexibility index (Phi) is 7.33. The first-order chi connectivity index (χ1) is 12.5. The number of benzene rings is 2. The van der Waals surface area contributed by atoms with E-state index in [1.807, 2.05) is 57.2 Å². The van der Waals surface area contributed by atoms with Crippen LogP contribution in [0.15, 0.2) is 48.5 Å². The summed E-state index contributed by atoms with van der Waals surface area (Å²) < 4.78 is 16.8. The summed E-state index contributed by atoms with van der Waals surface area (Å²) in [5.74, 6) is 1.78. The second-order valence-electron chi connectivity index (χ2n) is 6.20. The maximum atomic E-state index is 12.5. The second kappa shape index (κ2) is 9.70. The average Bonchev–Trinajstić information content (AvgIpc) is 2.65. The molecule has 1 N–H and O–H groups in total. The monoisotopic (exact) mass is 357 g/mol. The number of hydrogen-bond acceptors (Lipinski definition) is 4. The van der Waals surface area contributed by atoms with E-state index in [9.17, 15) is 4.79 Å². The third kappa shape index (κ3) is 5.69. The van der Waals surface area contributed by atoms with Gasteiger partial charge in [-0.05, 0) is 44.5 Å². The van der Waals surface area contributed by atoms with Crippen LogP contribution in [0, 0.1) is 6.92 Å². The molecule has 1 amide bonds. The van der Waals surface area contributed by atoms with Crippen molar-refractivity contribution in [2.24, 2.45) is 0 Å². The fourth-order valence-corrected chi connectivity index (χ4v) is 2.42. The van der Waals surface area contributed by atoms with Crippen molar-refractivity contribution in [3.8, 4) is 17.2 Å². The standard InChI is InChI=1S/C21H27NO4/c1-5-18(26-20-9-7-6-8-19(20)24-4)21(23)22-16(3)14-25-17-12-10-15(2)11-13-17/h6-13,16,18H,5,14H2,1-4H3,(H,22,23)/t16-,18-/m0/s1. The van der Waals surface area contributed by atoms with Gasteiger partial charge in [0.25, 0.3) is 5.91 Å². The smallest absolute Gasteiger partial charge is 0.261 e. The maximum Gasteiger partial charge on any atom is 0.261 e. The van der Waals surface area contributed by atoms with Crippen LogP contribution in [0.25, 0.3) is 0 Å². The minimum atomic E-state index is -0.590. The number of para-hydroxylation sites is 2. The van der Waals surface area contributed by atoms with Crippen molar-refractivity contribution >= 4 is 5.91 Å². The van der Waals surface area contributed by atoms with Crippen molar-refractivity contribution in [3.63, 3.8) is 0 Å². The zero-order valence-electron chi connectivity index (χ0n) is 15.8. The Hall–Kier alpha value is -2.69. The zero-order valence-corrected chi connectivity index (χ0v) is 15.8. The van der Waals surface area contributed by atoms with Gasteiger partial charge in [-0.1, -0.05) is 36.8 Å². The minimum absolute atomic E-state index is 0.140. The van der Waals surface area contributed by atoms with Gasteiger partial charge in [-0.2, -0.15) is 0 Å². The molecule has 26 heavy (non-hydrogen) atoms. The molecule has 0 heterocycles. The van der Waals surface area contributed by atoms with Crippen LogP contribution in [0.2, 0.25) is 0 Å². The van der Waals surface area contributed by atoms with E-state index in [2.05, 4.69) is 5.32 Å². The highest BCUT2D eigenvalue weighted by atomic mass is 16.5. The second-order valence-corrected chi connectivity index (χ2v) is 6.20. The Balaban J connectivity index is 1.88. The van der Waals surface area contributed by atoms with E-state index in [0.29, 0.717) is 24.5 Å². The Morgan fingerprint density at radius 2 is 1.73 bits per heavy atom. The molecule has 5 nitrogen and oxygen atoms in total. The Labute approximate surface area is 155 Å². The number of rotatable bonds is 9. The first kappa shape index (κ1) is 19.6. The number of ether oxygens (including phenoxy) is 3. The number of methoxy groups -OCH3 is 1. The van der Waals surface area contributed by atoms with Crippen LogP contribution in [0.4, 0.5) is 0 Å². The SMILES string of the molecule is CC[C@H](Oc1ccccc1OC)C(=O)N[C@@H](C)COc1ccc(C)cc1. The van der Waals surface area contributed by atoms with Crippen LogP contribution in [0.5, 0.6) is 17.2 Å². The minimum Gasteiger partial charge on any atom is -0.493 e. The molecule has 2 rings (SSSR count). The van der Waals surface area contributed by atoms with Gasteiger partial charge in [0.05, 0.1) is 13.2 Å². The van der Waals surface area contributed by atoms with Crippen LogP contribution in [-0.4, -0.2) is 31.8 Å². The summed E-state index contributed by atoms with van der Waals surface area (Å²) in [5, 5.41) is 2.94. The molecule has 5 heteroatoms. The summed E-state index contributed by atoms with van der Waals surface area (Å²) in [6.45, 7) is 6.23. The molecule has 0 unspecified atom stereocenters. The van der Waals surface area contributed by atoms with Gasteiger partial charge in [-0.3, -0.25) is 4.79 Å². The molecule has 0 saturated heterocycles. The Morgan fingerprint density at radius 1 is 1.08 bits per heavy atom. The normalized spacial score (nSPS) is 12.8. The van der Waals surface area contributed by atoms with E-state index >= 15 is 0 Å². The van der Waals surface area contributed by atoms with Crippen LogP contribution in [0.3, 0.4) is 0 Å². The zero-order chi connectivity index (χ0) is 18.9. The van der Waals surface area contributed by atoms with Gasteiger partial charge < -0.3 is 19.5 Å². The van der Waals surface area contributed by atoms with E-state index < -0.39 is 6.10 Å². The molecule has 2 aromatic carbocycles. The lowest BCUT2D eigenvalue weighted by Gasteiger charge is -2.21. The van der Waals surface area contributed by atoms with Gasteiger partial charge in [0.2, 0.25) is 0 Å². The lowest BCUT2D eigenvalue weighted by molar-refractivity contribution is -0.129. The summed E-state index contributed by atoms with van der Waals surface area (Å²) in [6, 6.07) is 15.0. The number of hydrogen-bond donors (Lipinski definition) is 1. The van der Waals surface area contributed by atoms with Crippen molar-refractivity contribution in [1.29, 1.82) is 0 Å². The van der Waals surface area contributed by atoms with Crippen molar-refractivity contribution in [1.82, 2.24) is 5.32 Å². The molecule has 0 aromatic heterocycles. The van der Waals surface area contributed by atoms with Gasteiger partial charge >= 0.3 is 0 Å². The quantitative estimate of drug-likeness (QED) is 0.743. The first-order valence-corrected chi connectivity index (χ1v) is 8.83. The highest BCUT2D eigenvalue weighted by Crippen LogP contribution is 2.27. The molecule has 0 spiro atoms. The summed E-state index contributed by atoms with van der Waals surface area (Å²) in [7, 11) is 1.58. The fourth-order valence-electron chi connectivity index (χ4n) is 2.42. The van der Waals surface area contributed by atoms with E-state index in [4.69, 9.17) is 14.2 Å². The number of carbonyl (C=O) groups is 1. The molecular weight excluding hydrogens is 330 g/mol. The molecule has 0 saturated carbocycles. The van der Waals surface area contributed by atoms with Crippen molar-refractivity contribution in [2.45, 2.75) is 39.3 Å².